The number of nitro benzene ring substituents is 1. The lowest BCUT2D eigenvalue weighted by molar-refractivity contribution is -0.384. The van der Waals surface area contributed by atoms with E-state index >= 15 is 0 Å². The van der Waals surface area contributed by atoms with Gasteiger partial charge >= 0.3 is 0 Å². The van der Waals surface area contributed by atoms with E-state index in [0.29, 0.717) is 11.3 Å². The van der Waals surface area contributed by atoms with E-state index in [-0.39, 0.29) is 29.3 Å². The number of anilines is 5. The standard InChI is InChI=1S/C22H17BrN8O3/c23-15-6-11-19(32)14(12-15)13-24-30-22-28-20(25-16-4-2-1-3-5-16)27-21(29-22)26-17-7-9-18(10-8-17)31(33)34/h1-13,32H,(H3,25,26,27,28,29,30)/b24-13+. The van der Waals surface area contributed by atoms with Gasteiger partial charge in [0.25, 0.3) is 5.69 Å². The number of para-hydroxylation sites is 1. The Hall–Kier alpha value is -4.58. The van der Waals surface area contributed by atoms with Crippen molar-refractivity contribution < 1.29 is 10.0 Å². The summed E-state index contributed by atoms with van der Waals surface area (Å²) in [5.41, 5.74) is 4.51. The van der Waals surface area contributed by atoms with Crippen molar-refractivity contribution in [2.45, 2.75) is 0 Å². The van der Waals surface area contributed by atoms with Crippen molar-refractivity contribution in [2.75, 3.05) is 16.1 Å². The summed E-state index contributed by atoms with van der Waals surface area (Å²) in [6.45, 7) is 0. The molecular weight excluding hydrogens is 504 g/mol. The Morgan fingerprint density at radius 2 is 1.50 bits per heavy atom. The quantitative estimate of drug-likeness (QED) is 0.140. The van der Waals surface area contributed by atoms with Crippen LogP contribution in [0.3, 0.4) is 0 Å². The fourth-order valence-electron chi connectivity index (χ4n) is 2.77. The van der Waals surface area contributed by atoms with Gasteiger partial charge in [-0.25, -0.2) is 5.43 Å². The molecule has 12 heteroatoms. The summed E-state index contributed by atoms with van der Waals surface area (Å²) in [4.78, 5) is 23.4. The zero-order valence-electron chi connectivity index (χ0n) is 17.4. The second-order valence-electron chi connectivity index (χ2n) is 6.80. The second kappa shape index (κ2) is 10.4. The summed E-state index contributed by atoms with van der Waals surface area (Å²) < 4.78 is 0.788. The molecule has 0 unspecified atom stereocenters. The van der Waals surface area contributed by atoms with Crippen molar-refractivity contribution in [1.82, 2.24) is 15.0 Å². The number of hydrazone groups is 1. The Kier molecular flexibility index (Phi) is 6.89. The summed E-state index contributed by atoms with van der Waals surface area (Å²) in [5, 5.41) is 31.0. The number of phenolic OH excluding ortho intramolecular Hbond substituents is 1. The zero-order valence-corrected chi connectivity index (χ0v) is 19.0. The second-order valence-corrected chi connectivity index (χ2v) is 7.72. The summed E-state index contributed by atoms with van der Waals surface area (Å²) in [6.07, 6.45) is 1.43. The number of hydrogen-bond acceptors (Lipinski definition) is 10. The molecule has 1 aromatic heterocycles. The van der Waals surface area contributed by atoms with Gasteiger partial charge in [-0.1, -0.05) is 34.1 Å². The summed E-state index contributed by atoms with van der Waals surface area (Å²) in [6, 6.07) is 20.1. The largest absolute Gasteiger partial charge is 0.507 e. The highest BCUT2D eigenvalue weighted by molar-refractivity contribution is 9.10. The van der Waals surface area contributed by atoms with Gasteiger partial charge in [0, 0.05) is 33.5 Å². The molecule has 0 saturated heterocycles. The smallest absolute Gasteiger partial charge is 0.269 e. The molecule has 0 saturated carbocycles. The van der Waals surface area contributed by atoms with Crippen molar-refractivity contribution in [1.29, 1.82) is 0 Å². The number of aromatic nitrogens is 3. The first-order chi connectivity index (χ1) is 16.5. The minimum absolute atomic E-state index is 0.0277. The van der Waals surface area contributed by atoms with E-state index in [9.17, 15) is 15.2 Å². The SMILES string of the molecule is O=[N+]([O-])c1ccc(Nc2nc(N/N=C/c3cc(Br)ccc3O)nc(Nc3ccccc3)n2)cc1. The Morgan fingerprint density at radius 3 is 2.15 bits per heavy atom. The average Bonchev–Trinajstić information content (AvgIpc) is 2.82. The van der Waals surface area contributed by atoms with Crippen molar-refractivity contribution in [3.8, 4) is 5.75 Å². The minimum Gasteiger partial charge on any atom is -0.507 e. The molecule has 0 aliphatic heterocycles. The number of benzene rings is 3. The van der Waals surface area contributed by atoms with Crippen molar-refractivity contribution >= 4 is 57.1 Å². The molecular formula is C22H17BrN8O3. The number of non-ortho nitro benzene ring substituents is 1. The maximum absolute atomic E-state index is 10.9. The van der Waals surface area contributed by atoms with E-state index in [1.54, 1.807) is 30.3 Å². The summed E-state index contributed by atoms with van der Waals surface area (Å²) in [7, 11) is 0. The number of aromatic hydroxyl groups is 1. The summed E-state index contributed by atoms with van der Waals surface area (Å²) in [5.74, 6) is 0.624. The van der Waals surface area contributed by atoms with Crippen LogP contribution < -0.4 is 16.1 Å². The predicted octanol–water partition coefficient (Wildman–Crippen LogP) is 5.18. The van der Waals surface area contributed by atoms with Crippen LogP contribution >= 0.6 is 15.9 Å². The van der Waals surface area contributed by atoms with E-state index in [1.165, 1.54) is 18.3 Å². The molecule has 0 amide bonds. The summed E-state index contributed by atoms with van der Waals surface area (Å²) >= 11 is 3.35. The molecule has 0 atom stereocenters. The molecule has 170 valence electrons. The lowest BCUT2D eigenvalue weighted by atomic mass is 10.2. The molecule has 4 rings (SSSR count). The molecule has 0 aliphatic carbocycles. The van der Waals surface area contributed by atoms with Gasteiger partial charge < -0.3 is 15.7 Å². The number of nitro groups is 1. The molecule has 0 fully saturated rings. The van der Waals surface area contributed by atoms with Crippen molar-refractivity contribution in [3.63, 3.8) is 0 Å². The van der Waals surface area contributed by atoms with Gasteiger partial charge in [-0.3, -0.25) is 10.1 Å². The first kappa shape index (κ1) is 22.6. The average molecular weight is 521 g/mol. The van der Waals surface area contributed by atoms with E-state index in [2.05, 4.69) is 52.0 Å². The highest BCUT2D eigenvalue weighted by Crippen LogP contribution is 2.22. The van der Waals surface area contributed by atoms with E-state index in [4.69, 9.17) is 0 Å². The van der Waals surface area contributed by atoms with Crippen LogP contribution in [0.1, 0.15) is 5.56 Å². The normalized spacial score (nSPS) is 10.7. The van der Waals surface area contributed by atoms with Gasteiger partial charge in [0.15, 0.2) is 0 Å². The molecule has 0 aliphatic rings. The van der Waals surface area contributed by atoms with Crippen molar-refractivity contribution in [3.05, 3.63) is 92.9 Å². The maximum Gasteiger partial charge on any atom is 0.269 e. The fourth-order valence-corrected chi connectivity index (χ4v) is 3.15. The topological polar surface area (TPSA) is 150 Å². The number of halogens is 1. The maximum atomic E-state index is 10.9. The molecule has 34 heavy (non-hydrogen) atoms. The Labute approximate surface area is 201 Å². The van der Waals surface area contributed by atoms with Gasteiger partial charge in [-0.15, -0.1) is 0 Å². The van der Waals surface area contributed by atoms with E-state index in [1.807, 2.05) is 30.3 Å². The van der Waals surface area contributed by atoms with Crippen LogP contribution in [0.15, 0.2) is 82.4 Å². The van der Waals surface area contributed by atoms with Crippen LogP contribution in [0.4, 0.5) is 34.9 Å². The third kappa shape index (κ3) is 6.01. The van der Waals surface area contributed by atoms with E-state index < -0.39 is 4.92 Å². The third-order valence-electron chi connectivity index (χ3n) is 4.36. The predicted molar refractivity (Wildman–Crippen MR) is 133 cm³/mol. The number of nitrogens with one attached hydrogen (secondary N) is 3. The molecule has 4 aromatic rings. The third-order valence-corrected chi connectivity index (χ3v) is 4.85. The van der Waals surface area contributed by atoms with Crippen LogP contribution in [0.25, 0.3) is 0 Å². The van der Waals surface area contributed by atoms with Gasteiger partial charge in [-0.2, -0.15) is 20.1 Å². The zero-order chi connectivity index (χ0) is 23.9. The molecule has 1 heterocycles. The highest BCUT2D eigenvalue weighted by atomic mass is 79.9. The van der Waals surface area contributed by atoms with E-state index in [0.717, 1.165) is 10.2 Å². The highest BCUT2D eigenvalue weighted by Gasteiger charge is 2.09. The molecule has 0 radical (unpaired) electrons. The lowest BCUT2D eigenvalue weighted by Crippen LogP contribution is -2.07. The number of rotatable bonds is 8. The first-order valence-corrected chi connectivity index (χ1v) is 10.6. The molecule has 0 spiro atoms. The molecule has 3 aromatic carbocycles. The van der Waals surface area contributed by atoms with Gasteiger partial charge in [-0.05, 0) is 42.5 Å². The van der Waals surface area contributed by atoms with Crippen LogP contribution in [0.5, 0.6) is 5.75 Å². The van der Waals surface area contributed by atoms with Gasteiger partial charge in [0.2, 0.25) is 17.8 Å². The molecule has 4 N–H and O–H groups in total. The monoisotopic (exact) mass is 520 g/mol. The molecule has 0 bridgehead atoms. The van der Waals surface area contributed by atoms with Crippen molar-refractivity contribution in [2.24, 2.45) is 5.10 Å². The van der Waals surface area contributed by atoms with Gasteiger partial charge in [0.05, 0.1) is 11.1 Å². The Bertz CT molecular complexity index is 1330. The first-order valence-electron chi connectivity index (χ1n) is 9.83. The fraction of sp³-hybridized carbons (Fsp3) is 0. The molecule has 11 nitrogen and oxygen atoms in total. The number of phenols is 1. The van der Waals surface area contributed by atoms with Crippen LogP contribution in [0.2, 0.25) is 0 Å². The minimum atomic E-state index is -0.475. The van der Waals surface area contributed by atoms with Crippen LogP contribution in [0, 0.1) is 10.1 Å². The van der Waals surface area contributed by atoms with Crippen LogP contribution in [-0.4, -0.2) is 31.2 Å². The Balaban J connectivity index is 1.59. The number of nitrogens with zero attached hydrogens (tertiary/aromatic N) is 5. The van der Waals surface area contributed by atoms with Crippen LogP contribution in [-0.2, 0) is 0 Å². The number of hydrogen-bond donors (Lipinski definition) is 4. The lowest BCUT2D eigenvalue weighted by Gasteiger charge is -2.10. The Morgan fingerprint density at radius 1 is 0.882 bits per heavy atom. The van der Waals surface area contributed by atoms with Gasteiger partial charge in [0.1, 0.15) is 5.75 Å².